The van der Waals surface area contributed by atoms with Crippen molar-refractivity contribution in [3.8, 4) is 0 Å². The van der Waals surface area contributed by atoms with Crippen LogP contribution in [0.3, 0.4) is 0 Å². The van der Waals surface area contributed by atoms with Crippen molar-refractivity contribution in [3.63, 3.8) is 0 Å². The molecule has 1 heterocycles. The minimum atomic E-state index is -1.30. The van der Waals surface area contributed by atoms with Crippen LogP contribution in [0.4, 0.5) is 10.1 Å². The topological polar surface area (TPSA) is 52.3 Å². The molecule has 1 fully saturated rings. The highest BCUT2D eigenvalue weighted by Gasteiger charge is 2.23. The van der Waals surface area contributed by atoms with Gasteiger partial charge in [0.2, 0.25) is 0 Å². The lowest BCUT2D eigenvalue weighted by molar-refractivity contribution is 0.0992. The number of rotatable bonds is 2. The highest BCUT2D eigenvalue weighted by molar-refractivity contribution is 7.85. The van der Waals surface area contributed by atoms with Crippen LogP contribution in [0.2, 0.25) is 0 Å². The van der Waals surface area contributed by atoms with E-state index in [0.717, 1.165) is 12.8 Å². The molecule has 0 aliphatic carbocycles. The summed E-state index contributed by atoms with van der Waals surface area (Å²) in [6.07, 6.45) is 1.44. The monoisotopic (exact) mass is 243 g/mol. The zero-order valence-corrected chi connectivity index (χ0v) is 9.63. The second-order valence-electron chi connectivity index (χ2n) is 3.80. The molecule has 1 aliphatic heterocycles. The van der Waals surface area contributed by atoms with Crippen LogP contribution >= 0.6 is 0 Å². The molecular formula is C11H14FNO2S. The number of halogens is 1. The number of nitrogens with two attached hydrogens (primary N) is 1. The molecule has 1 unspecified atom stereocenters. The Hall–Kier alpha value is -0.940. The van der Waals surface area contributed by atoms with Gasteiger partial charge in [-0.05, 0) is 31.0 Å². The van der Waals surface area contributed by atoms with Crippen LogP contribution in [0.25, 0.3) is 0 Å². The zero-order valence-electron chi connectivity index (χ0n) is 8.82. The fourth-order valence-electron chi connectivity index (χ4n) is 1.75. The van der Waals surface area contributed by atoms with Crippen LogP contribution in [0.5, 0.6) is 0 Å². The summed E-state index contributed by atoms with van der Waals surface area (Å²) in [6, 6.07) is 4.30. The zero-order chi connectivity index (χ0) is 11.5. The molecule has 88 valence electrons. The van der Waals surface area contributed by atoms with Gasteiger partial charge in [-0.1, -0.05) is 0 Å². The Balaban J connectivity index is 2.19. The summed E-state index contributed by atoms with van der Waals surface area (Å²) in [5.41, 5.74) is 5.80. The van der Waals surface area contributed by atoms with Crippen molar-refractivity contribution >= 4 is 16.5 Å². The van der Waals surface area contributed by atoms with Crippen molar-refractivity contribution in [2.75, 3.05) is 18.9 Å². The summed E-state index contributed by atoms with van der Waals surface area (Å²) >= 11 is 0. The summed E-state index contributed by atoms with van der Waals surface area (Å²) in [7, 11) is -1.30. The van der Waals surface area contributed by atoms with E-state index in [9.17, 15) is 8.60 Å². The lowest BCUT2D eigenvalue weighted by atomic mass is 10.2. The van der Waals surface area contributed by atoms with Gasteiger partial charge < -0.3 is 10.5 Å². The largest absolute Gasteiger partial charge is 0.399 e. The van der Waals surface area contributed by atoms with E-state index in [1.165, 1.54) is 12.1 Å². The van der Waals surface area contributed by atoms with E-state index in [0.29, 0.717) is 18.9 Å². The molecule has 3 nitrogen and oxygen atoms in total. The van der Waals surface area contributed by atoms with Crippen molar-refractivity contribution in [2.45, 2.75) is 23.0 Å². The number of hydrogen-bond donors (Lipinski definition) is 1. The standard InChI is InChI=1S/C11H14FNO2S/c12-10-7-8(13)1-2-11(10)16(14)9-3-5-15-6-4-9/h1-2,7,9H,3-6,13H2. The van der Waals surface area contributed by atoms with Gasteiger partial charge in [-0.3, -0.25) is 4.21 Å². The van der Waals surface area contributed by atoms with Gasteiger partial charge in [-0.25, -0.2) is 4.39 Å². The Morgan fingerprint density at radius 1 is 1.38 bits per heavy atom. The maximum atomic E-state index is 13.6. The Bertz CT molecular complexity index is 405. The lowest BCUT2D eigenvalue weighted by Gasteiger charge is -2.21. The van der Waals surface area contributed by atoms with E-state index < -0.39 is 16.6 Å². The van der Waals surface area contributed by atoms with Crippen molar-refractivity contribution in [1.29, 1.82) is 0 Å². The number of anilines is 1. The van der Waals surface area contributed by atoms with E-state index in [1.54, 1.807) is 6.07 Å². The van der Waals surface area contributed by atoms with Crippen molar-refractivity contribution in [2.24, 2.45) is 0 Å². The SMILES string of the molecule is Nc1ccc(S(=O)C2CCOCC2)c(F)c1. The Labute approximate surface area is 96.2 Å². The van der Waals surface area contributed by atoms with Gasteiger partial charge in [0.1, 0.15) is 5.82 Å². The first kappa shape index (κ1) is 11.5. The van der Waals surface area contributed by atoms with Crippen molar-refractivity contribution in [3.05, 3.63) is 24.0 Å². The number of ether oxygens (including phenoxy) is 1. The number of benzene rings is 1. The molecule has 1 atom stereocenters. The van der Waals surface area contributed by atoms with E-state index in [-0.39, 0.29) is 10.1 Å². The summed E-state index contributed by atoms with van der Waals surface area (Å²) in [5, 5.41) is -0.00752. The van der Waals surface area contributed by atoms with Crippen molar-refractivity contribution in [1.82, 2.24) is 0 Å². The van der Waals surface area contributed by atoms with E-state index >= 15 is 0 Å². The van der Waals surface area contributed by atoms with Gasteiger partial charge in [0, 0.05) is 24.2 Å². The van der Waals surface area contributed by atoms with Crippen LogP contribution in [0, 0.1) is 5.82 Å². The van der Waals surface area contributed by atoms with Gasteiger partial charge in [-0.15, -0.1) is 0 Å². The quantitative estimate of drug-likeness (QED) is 0.804. The second-order valence-corrected chi connectivity index (χ2v) is 5.50. The van der Waals surface area contributed by atoms with Crippen LogP contribution in [0.15, 0.2) is 23.1 Å². The third kappa shape index (κ3) is 2.41. The third-order valence-corrected chi connectivity index (χ3v) is 4.49. The molecule has 16 heavy (non-hydrogen) atoms. The average Bonchev–Trinajstić information content (AvgIpc) is 2.29. The predicted octanol–water partition coefficient (Wildman–Crippen LogP) is 1.69. The molecular weight excluding hydrogens is 229 g/mol. The molecule has 1 aromatic carbocycles. The molecule has 0 bridgehead atoms. The summed E-state index contributed by atoms with van der Waals surface area (Å²) in [6.45, 7) is 1.21. The fraction of sp³-hybridized carbons (Fsp3) is 0.455. The smallest absolute Gasteiger partial charge is 0.141 e. The highest BCUT2D eigenvalue weighted by atomic mass is 32.2. The van der Waals surface area contributed by atoms with E-state index in [2.05, 4.69) is 0 Å². The molecule has 0 radical (unpaired) electrons. The third-order valence-electron chi connectivity index (χ3n) is 2.64. The summed E-state index contributed by atoms with van der Waals surface area (Å²) in [5.74, 6) is -0.482. The van der Waals surface area contributed by atoms with Crippen LogP contribution in [0.1, 0.15) is 12.8 Å². The van der Waals surface area contributed by atoms with E-state index in [1.807, 2.05) is 0 Å². The van der Waals surface area contributed by atoms with Crippen LogP contribution in [-0.2, 0) is 15.5 Å². The van der Waals surface area contributed by atoms with E-state index in [4.69, 9.17) is 10.5 Å². The molecule has 0 spiro atoms. The minimum absolute atomic E-state index is 0.00752. The van der Waals surface area contributed by atoms with Crippen molar-refractivity contribution < 1.29 is 13.3 Å². The summed E-state index contributed by atoms with van der Waals surface area (Å²) < 4.78 is 30.8. The molecule has 5 heteroatoms. The second kappa shape index (κ2) is 4.93. The highest BCUT2D eigenvalue weighted by Crippen LogP contribution is 2.23. The summed E-state index contributed by atoms with van der Waals surface area (Å²) in [4.78, 5) is 0.251. The predicted molar refractivity (Wildman–Crippen MR) is 61.1 cm³/mol. The Morgan fingerprint density at radius 3 is 2.69 bits per heavy atom. The average molecular weight is 243 g/mol. The first-order valence-corrected chi connectivity index (χ1v) is 6.43. The molecule has 2 rings (SSSR count). The first-order chi connectivity index (χ1) is 7.68. The molecule has 0 aromatic heterocycles. The Morgan fingerprint density at radius 2 is 2.06 bits per heavy atom. The molecule has 2 N–H and O–H groups in total. The molecule has 1 aromatic rings. The maximum Gasteiger partial charge on any atom is 0.141 e. The van der Waals surface area contributed by atoms with Gasteiger partial charge >= 0.3 is 0 Å². The molecule has 0 saturated carbocycles. The number of nitrogen functional groups attached to an aromatic ring is 1. The first-order valence-electron chi connectivity index (χ1n) is 5.22. The van der Waals surface area contributed by atoms with Gasteiger partial charge in [-0.2, -0.15) is 0 Å². The maximum absolute atomic E-state index is 13.6. The fourth-order valence-corrected chi connectivity index (χ4v) is 3.18. The number of hydrogen-bond acceptors (Lipinski definition) is 3. The molecule has 1 aliphatic rings. The van der Waals surface area contributed by atoms with Gasteiger partial charge in [0.25, 0.3) is 0 Å². The normalized spacial score (nSPS) is 19.6. The van der Waals surface area contributed by atoms with Gasteiger partial charge in [0.05, 0.1) is 15.7 Å². The lowest BCUT2D eigenvalue weighted by Crippen LogP contribution is -2.25. The van der Waals surface area contributed by atoms with Crippen LogP contribution < -0.4 is 5.73 Å². The molecule has 1 saturated heterocycles. The van der Waals surface area contributed by atoms with Gasteiger partial charge in [0.15, 0.2) is 0 Å². The Kier molecular flexibility index (Phi) is 3.56. The van der Waals surface area contributed by atoms with Crippen LogP contribution in [-0.4, -0.2) is 22.7 Å². The molecule has 0 amide bonds. The minimum Gasteiger partial charge on any atom is -0.399 e.